The fraction of sp³-hybridized carbons (Fsp3) is 0.167. The van der Waals surface area contributed by atoms with E-state index < -0.39 is 0 Å². The highest BCUT2D eigenvalue weighted by Gasteiger charge is 2.15. The molecular weight excluding hydrogens is 236 g/mol. The second-order valence-corrected chi connectivity index (χ2v) is 4.13. The third-order valence-corrected chi connectivity index (χ3v) is 2.85. The highest BCUT2D eigenvalue weighted by atomic mass is 35.5. The molecule has 2 aromatic heterocycles. The molecule has 1 unspecified atom stereocenters. The number of hydrogen-bond acceptors (Lipinski definition) is 4. The molecule has 0 saturated heterocycles. The van der Waals surface area contributed by atoms with E-state index in [4.69, 9.17) is 17.4 Å². The van der Waals surface area contributed by atoms with Gasteiger partial charge in [0.15, 0.2) is 0 Å². The van der Waals surface area contributed by atoms with Gasteiger partial charge in [-0.1, -0.05) is 11.6 Å². The van der Waals surface area contributed by atoms with Crippen molar-refractivity contribution in [3.8, 4) is 0 Å². The maximum Gasteiger partial charge on any atom is 0.129 e. The zero-order valence-electron chi connectivity index (χ0n) is 9.39. The van der Waals surface area contributed by atoms with Crippen LogP contribution < -0.4 is 11.3 Å². The molecule has 0 spiro atoms. The molecule has 88 valence electrons. The Balaban J connectivity index is 2.44. The van der Waals surface area contributed by atoms with E-state index >= 15 is 0 Å². The van der Waals surface area contributed by atoms with E-state index in [2.05, 4.69) is 15.4 Å². The molecule has 2 aromatic rings. The van der Waals surface area contributed by atoms with Crippen LogP contribution in [-0.4, -0.2) is 9.97 Å². The van der Waals surface area contributed by atoms with Crippen LogP contribution in [0.15, 0.2) is 36.8 Å². The van der Waals surface area contributed by atoms with Crippen molar-refractivity contribution in [3.05, 3.63) is 58.6 Å². The maximum atomic E-state index is 5.88. The molecule has 17 heavy (non-hydrogen) atoms. The number of hydrogen-bond donors (Lipinski definition) is 2. The van der Waals surface area contributed by atoms with Crippen molar-refractivity contribution in [1.29, 1.82) is 0 Å². The molecule has 2 heterocycles. The molecule has 0 bridgehead atoms. The minimum absolute atomic E-state index is 0.135. The first kappa shape index (κ1) is 12.0. The molecule has 1 atom stereocenters. The minimum atomic E-state index is -0.135. The summed E-state index contributed by atoms with van der Waals surface area (Å²) in [6, 6.07) is 5.48. The SMILES string of the molecule is Cc1ccncc1C(NN)c1ccnc(Cl)c1. The van der Waals surface area contributed by atoms with Gasteiger partial charge in [-0.2, -0.15) is 0 Å². The summed E-state index contributed by atoms with van der Waals surface area (Å²) in [7, 11) is 0. The van der Waals surface area contributed by atoms with Crippen LogP contribution in [0.4, 0.5) is 0 Å². The molecule has 3 N–H and O–H groups in total. The molecule has 2 rings (SSSR count). The van der Waals surface area contributed by atoms with Crippen molar-refractivity contribution in [3.63, 3.8) is 0 Å². The summed E-state index contributed by atoms with van der Waals surface area (Å²) in [5.74, 6) is 5.61. The Kier molecular flexibility index (Phi) is 3.68. The summed E-state index contributed by atoms with van der Waals surface area (Å²) >= 11 is 5.88. The highest BCUT2D eigenvalue weighted by Crippen LogP contribution is 2.24. The number of nitrogens with zero attached hydrogens (tertiary/aromatic N) is 2. The lowest BCUT2D eigenvalue weighted by atomic mass is 9.98. The van der Waals surface area contributed by atoms with Crippen molar-refractivity contribution >= 4 is 11.6 Å². The van der Waals surface area contributed by atoms with Gasteiger partial charge in [-0.05, 0) is 41.8 Å². The zero-order valence-corrected chi connectivity index (χ0v) is 10.1. The van der Waals surface area contributed by atoms with Gasteiger partial charge in [-0.25, -0.2) is 10.4 Å². The van der Waals surface area contributed by atoms with Crippen molar-refractivity contribution < 1.29 is 0 Å². The number of pyridine rings is 2. The Morgan fingerprint density at radius 1 is 1.35 bits per heavy atom. The lowest BCUT2D eigenvalue weighted by Gasteiger charge is -2.18. The van der Waals surface area contributed by atoms with Crippen LogP contribution in [0.3, 0.4) is 0 Å². The molecule has 0 aliphatic heterocycles. The molecule has 0 aliphatic carbocycles. The third-order valence-electron chi connectivity index (χ3n) is 2.64. The van der Waals surface area contributed by atoms with Gasteiger partial charge in [-0.15, -0.1) is 0 Å². The van der Waals surface area contributed by atoms with Crippen molar-refractivity contribution in [2.45, 2.75) is 13.0 Å². The van der Waals surface area contributed by atoms with E-state index in [9.17, 15) is 0 Å². The average Bonchev–Trinajstić information content (AvgIpc) is 2.33. The zero-order chi connectivity index (χ0) is 12.3. The predicted octanol–water partition coefficient (Wildman–Crippen LogP) is 1.99. The first-order valence-electron chi connectivity index (χ1n) is 5.20. The number of halogens is 1. The molecule has 0 saturated carbocycles. The number of aryl methyl sites for hydroxylation is 1. The van der Waals surface area contributed by atoms with Gasteiger partial charge in [0.1, 0.15) is 5.15 Å². The van der Waals surface area contributed by atoms with E-state index in [1.165, 1.54) is 0 Å². The normalized spacial score (nSPS) is 12.4. The van der Waals surface area contributed by atoms with Crippen LogP contribution in [0.25, 0.3) is 0 Å². The van der Waals surface area contributed by atoms with Gasteiger partial charge in [0.25, 0.3) is 0 Å². The van der Waals surface area contributed by atoms with E-state index in [1.54, 1.807) is 24.7 Å². The van der Waals surface area contributed by atoms with Gasteiger partial charge in [0, 0.05) is 18.6 Å². The van der Waals surface area contributed by atoms with Crippen LogP contribution in [0, 0.1) is 6.92 Å². The number of hydrazine groups is 1. The van der Waals surface area contributed by atoms with Crippen molar-refractivity contribution in [2.75, 3.05) is 0 Å². The number of rotatable bonds is 3. The van der Waals surface area contributed by atoms with E-state index in [-0.39, 0.29) is 6.04 Å². The van der Waals surface area contributed by atoms with Gasteiger partial charge < -0.3 is 0 Å². The molecule has 4 nitrogen and oxygen atoms in total. The quantitative estimate of drug-likeness (QED) is 0.495. The first-order valence-corrected chi connectivity index (χ1v) is 5.58. The fourth-order valence-electron chi connectivity index (χ4n) is 1.74. The van der Waals surface area contributed by atoms with Gasteiger partial charge in [0.05, 0.1) is 6.04 Å². The second kappa shape index (κ2) is 5.23. The van der Waals surface area contributed by atoms with Crippen LogP contribution in [0.1, 0.15) is 22.7 Å². The van der Waals surface area contributed by atoms with Gasteiger partial charge in [0.2, 0.25) is 0 Å². The van der Waals surface area contributed by atoms with Crippen LogP contribution in [0.2, 0.25) is 5.15 Å². The minimum Gasteiger partial charge on any atom is -0.271 e. The van der Waals surface area contributed by atoms with Gasteiger partial charge in [-0.3, -0.25) is 10.8 Å². The third kappa shape index (κ3) is 2.61. The first-order chi connectivity index (χ1) is 8.22. The largest absolute Gasteiger partial charge is 0.271 e. The predicted molar refractivity (Wildman–Crippen MR) is 67.4 cm³/mol. The molecule has 0 aliphatic rings. The summed E-state index contributed by atoms with van der Waals surface area (Å²) in [6.45, 7) is 2.02. The van der Waals surface area contributed by atoms with Crippen LogP contribution >= 0.6 is 11.6 Å². The van der Waals surface area contributed by atoms with Crippen LogP contribution in [0.5, 0.6) is 0 Å². The summed E-state index contributed by atoms with van der Waals surface area (Å²) in [5.41, 5.74) is 5.88. The Hall–Kier alpha value is -1.49. The lowest BCUT2D eigenvalue weighted by Crippen LogP contribution is -2.29. The monoisotopic (exact) mass is 248 g/mol. The molecule has 5 heteroatoms. The van der Waals surface area contributed by atoms with Crippen LogP contribution in [-0.2, 0) is 0 Å². The molecule has 0 aromatic carbocycles. The Morgan fingerprint density at radius 2 is 2.18 bits per heavy atom. The Bertz CT molecular complexity index is 515. The highest BCUT2D eigenvalue weighted by molar-refractivity contribution is 6.29. The summed E-state index contributed by atoms with van der Waals surface area (Å²) in [5, 5.41) is 0.448. The van der Waals surface area contributed by atoms with Crippen molar-refractivity contribution in [2.24, 2.45) is 5.84 Å². The molecule has 0 fully saturated rings. The van der Waals surface area contributed by atoms with E-state index in [1.807, 2.05) is 19.1 Å². The van der Waals surface area contributed by atoms with E-state index in [0.717, 1.165) is 16.7 Å². The average molecular weight is 249 g/mol. The lowest BCUT2D eigenvalue weighted by molar-refractivity contribution is 0.630. The Labute approximate surface area is 105 Å². The molecular formula is C12H13ClN4. The number of nitrogens with two attached hydrogens (primary N) is 1. The molecule has 0 radical (unpaired) electrons. The second-order valence-electron chi connectivity index (χ2n) is 3.74. The standard InChI is InChI=1S/C12H13ClN4/c1-8-2-4-15-7-10(8)12(17-14)9-3-5-16-11(13)6-9/h2-7,12,17H,14H2,1H3. The number of aromatic nitrogens is 2. The smallest absolute Gasteiger partial charge is 0.129 e. The van der Waals surface area contributed by atoms with Crippen molar-refractivity contribution in [1.82, 2.24) is 15.4 Å². The molecule has 0 amide bonds. The Morgan fingerprint density at radius 3 is 2.82 bits per heavy atom. The maximum absolute atomic E-state index is 5.88. The summed E-state index contributed by atoms with van der Waals surface area (Å²) in [4.78, 5) is 8.07. The topological polar surface area (TPSA) is 63.8 Å². The van der Waals surface area contributed by atoms with E-state index in [0.29, 0.717) is 5.15 Å². The number of nitrogens with one attached hydrogen (secondary N) is 1. The summed E-state index contributed by atoms with van der Waals surface area (Å²) in [6.07, 6.45) is 5.22. The summed E-state index contributed by atoms with van der Waals surface area (Å²) < 4.78 is 0. The van der Waals surface area contributed by atoms with Gasteiger partial charge >= 0.3 is 0 Å². The fourth-order valence-corrected chi connectivity index (χ4v) is 1.92.